The number of rotatable bonds is 2. The first-order valence-electron chi connectivity index (χ1n) is 6.11. The number of nitrogens with one attached hydrogen (secondary N) is 1. The molecule has 2 rings (SSSR count). The van der Waals surface area contributed by atoms with Gasteiger partial charge in [0.25, 0.3) is 5.91 Å². The van der Waals surface area contributed by atoms with E-state index in [1.54, 1.807) is 13.8 Å². The summed E-state index contributed by atoms with van der Waals surface area (Å²) in [6, 6.07) is 1.36. The molecule has 1 fully saturated rings. The molecule has 0 saturated carbocycles. The van der Waals surface area contributed by atoms with Crippen LogP contribution >= 0.6 is 0 Å². The van der Waals surface area contributed by atoms with Gasteiger partial charge < -0.3 is 15.0 Å². The predicted molar refractivity (Wildman–Crippen MR) is 68.0 cm³/mol. The van der Waals surface area contributed by atoms with Crippen molar-refractivity contribution in [2.45, 2.75) is 13.8 Å². The highest BCUT2D eigenvalue weighted by atomic mass is 16.4. The van der Waals surface area contributed by atoms with E-state index in [2.05, 4.69) is 4.98 Å². The van der Waals surface area contributed by atoms with Gasteiger partial charge in [-0.25, -0.2) is 0 Å². The van der Waals surface area contributed by atoms with Crippen LogP contribution in [0.4, 0.5) is 0 Å². The Labute approximate surface area is 110 Å². The van der Waals surface area contributed by atoms with Gasteiger partial charge in [-0.1, -0.05) is 6.92 Å². The first kappa shape index (κ1) is 13.3. The lowest BCUT2D eigenvalue weighted by molar-refractivity contribution is -0.142. The van der Waals surface area contributed by atoms with Gasteiger partial charge in [0.05, 0.1) is 5.92 Å². The van der Waals surface area contributed by atoms with Gasteiger partial charge in [0.1, 0.15) is 5.56 Å². The van der Waals surface area contributed by atoms with Crippen molar-refractivity contribution in [3.63, 3.8) is 0 Å². The van der Waals surface area contributed by atoms with Crippen LogP contribution in [0.15, 0.2) is 17.1 Å². The third kappa shape index (κ3) is 2.52. The molecule has 2 N–H and O–H groups in total. The highest BCUT2D eigenvalue weighted by Crippen LogP contribution is 2.24. The van der Waals surface area contributed by atoms with Crippen molar-refractivity contribution in [2.24, 2.45) is 11.8 Å². The lowest BCUT2D eigenvalue weighted by Gasteiger charge is -2.15. The fourth-order valence-corrected chi connectivity index (χ4v) is 2.36. The van der Waals surface area contributed by atoms with Gasteiger partial charge in [-0.15, -0.1) is 0 Å². The SMILES string of the molecule is Cc1cc(=O)c(C(=O)N2C[C@@H](C)[C@H](C(=O)O)C2)c[nH]1. The number of nitrogens with zero attached hydrogens (tertiary/aromatic N) is 1. The van der Waals surface area contributed by atoms with E-state index in [1.807, 2.05) is 0 Å². The zero-order valence-corrected chi connectivity index (χ0v) is 10.8. The molecule has 2 heterocycles. The summed E-state index contributed by atoms with van der Waals surface area (Å²) in [5, 5.41) is 9.04. The molecule has 0 aliphatic carbocycles. The second-order valence-electron chi connectivity index (χ2n) is 5.03. The first-order chi connectivity index (χ1) is 8.90. The van der Waals surface area contributed by atoms with E-state index in [4.69, 9.17) is 5.11 Å². The summed E-state index contributed by atoms with van der Waals surface area (Å²) in [6.45, 7) is 4.05. The molecule has 0 spiro atoms. The molecule has 1 amide bonds. The van der Waals surface area contributed by atoms with E-state index >= 15 is 0 Å². The van der Waals surface area contributed by atoms with E-state index in [-0.39, 0.29) is 23.5 Å². The Hall–Kier alpha value is -2.11. The molecule has 19 heavy (non-hydrogen) atoms. The van der Waals surface area contributed by atoms with Crippen LogP contribution < -0.4 is 5.43 Å². The first-order valence-corrected chi connectivity index (χ1v) is 6.11. The van der Waals surface area contributed by atoms with Crippen molar-refractivity contribution >= 4 is 11.9 Å². The topological polar surface area (TPSA) is 90.5 Å². The van der Waals surface area contributed by atoms with Crippen LogP contribution in [0.1, 0.15) is 23.0 Å². The van der Waals surface area contributed by atoms with Crippen molar-refractivity contribution in [3.05, 3.63) is 33.7 Å². The second-order valence-corrected chi connectivity index (χ2v) is 5.03. The average molecular weight is 264 g/mol. The van der Waals surface area contributed by atoms with Crippen LogP contribution in [0.5, 0.6) is 0 Å². The minimum Gasteiger partial charge on any atom is -0.481 e. The zero-order valence-electron chi connectivity index (χ0n) is 10.8. The third-order valence-electron chi connectivity index (χ3n) is 3.50. The Kier molecular flexibility index (Phi) is 3.42. The Morgan fingerprint density at radius 1 is 1.42 bits per heavy atom. The lowest BCUT2D eigenvalue weighted by Crippen LogP contribution is -2.33. The normalized spacial score (nSPS) is 22.5. The van der Waals surface area contributed by atoms with E-state index < -0.39 is 17.8 Å². The summed E-state index contributed by atoms with van der Waals surface area (Å²) in [5.74, 6) is -1.98. The number of amides is 1. The third-order valence-corrected chi connectivity index (χ3v) is 3.50. The molecule has 0 radical (unpaired) electrons. The van der Waals surface area contributed by atoms with Crippen LogP contribution in [-0.4, -0.2) is 40.0 Å². The van der Waals surface area contributed by atoms with E-state index in [1.165, 1.54) is 17.2 Å². The number of H-pyrrole nitrogens is 1. The van der Waals surface area contributed by atoms with Crippen molar-refractivity contribution in [1.29, 1.82) is 0 Å². The smallest absolute Gasteiger partial charge is 0.308 e. The van der Waals surface area contributed by atoms with Gasteiger partial charge in [-0.05, 0) is 12.8 Å². The Morgan fingerprint density at radius 2 is 2.11 bits per heavy atom. The number of hydrogen-bond donors (Lipinski definition) is 2. The van der Waals surface area contributed by atoms with Crippen molar-refractivity contribution in [1.82, 2.24) is 9.88 Å². The standard InChI is InChI=1S/C13H16N2O4/c1-7-5-15(6-10(7)13(18)19)12(17)9-4-14-8(2)3-11(9)16/h3-4,7,10H,5-6H2,1-2H3,(H,14,16)(H,18,19)/t7-,10-/m1/s1. The molecule has 1 aliphatic rings. The fourth-order valence-electron chi connectivity index (χ4n) is 2.36. The van der Waals surface area contributed by atoms with Gasteiger partial charge >= 0.3 is 5.97 Å². The van der Waals surface area contributed by atoms with Gasteiger partial charge in [-0.2, -0.15) is 0 Å². The van der Waals surface area contributed by atoms with Crippen LogP contribution in [0, 0.1) is 18.8 Å². The summed E-state index contributed by atoms with van der Waals surface area (Å²) < 4.78 is 0. The summed E-state index contributed by atoms with van der Waals surface area (Å²) in [4.78, 5) is 39.2. The number of carbonyl (C=O) groups is 2. The maximum absolute atomic E-state index is 12.2. The van der Waals surface area contributed by atoms with Crippen LogP contribution in [0.3, 0.4) is 0 Å². The number of carboxylic acids is 1. The highest BCUT2D eigenvalue weighted by Gasteiger charge is 2.37. The summed E-state index contributed by atoms with van der Waals surface area (Å²) >= 11 is 0. The molecule has 102 valence electrons. The van der Waals surface area contributed by atoms with Crippen LogP contribution in [-0.2, 0) is 4.79 Å². The summed E-state index contributed by atoms with van der Waals surface area (Å²) in [6.07, 6.45) is 1.39. The highest BCUT2D eigenvalue weighted by molar-refractivity contribution is 5.94. The number of aryl methyl sites for hydroxylation is 1. The van der Waals surface area contributed by atoms with Crippen LogP contribution in [0.25, 0.3) is 0 Å². The van der Waals surface area contributed by atoms with Gasteiger partial charge in [0.15, 0.2) is 5.43 Å². The second kappa shape index (κ2) is 4.87. The van der Waals surface area contributed by atoms with Gasteiger partial charge in [-0.3, -0.25) is 14.4 Å². The number of carbonyl (C=O) groups excluding carboxylic acids is 1. The number of pyridine rings is 1. The molecule has 1 aromatic rings. The van der Waals surface area contributed by atoms with Gasteiger partial charge in [0.2, 0.25) is 0 Å². The van der Waals surface area contributed by atoms with Crippen LogP contribution in [0.2, 0.25) is 0 Å². The number of aromatic amines is 1. The molecule has 1 saturated heterocycles. The largest absolute Gasteiger partial charge is 0.481 e. The maximum atomic E-state index is 12.2. The number of likely N-dealkylation sites (tertiary alicyclic amines) is 1. The lowest BCUT2D eigenvalue weighted by atomic mass is 9.99. The van der Waals surface area contributed by atoms with E-state index in [0.717, 1.165) is 0 Å². The molecule has 1 aromatic heterocycles. The molecule has 0 unspecified atom stereocenters. The molecule has 6 nitrogen and oxygen atoms in total. The fraction of sp³-hybridized carbons (Fsp3) is 0.462. The minimum atomic E-state index is -0.902. The molecular weight excluding hydrogens is 248 g/mol. The molecular formula is C13H16N2O4. The summed E-state index contributed by atoms with van der Waals surface area (Å²) in [5.41, 5.74) is 0.399. The number of carboxylic acid groups (broad SMARTS) is 1. The molecule has 6 heteroatoms. The molecule has 2 atom stereocenters. The Bertz CT molecular complexity index is 578. The predicted octanol–water partition coefficient (Wildman–Crippen LogP) is 0.476. The number of aromatic nitrogens is 1. The zero-order chi connectivity index (χ0) is 14.2. The van der Waals surface area contributed by atoms with Crippen molar-refractivity contribution in [2.75, 3.05) is 13.1 Å². The molecule has 1 aliphatic heterocycles. The Morgan fingerprint density at radius 3 is 2.63 bits per heavy atom. The van der Waals surface area contributed by atoms with E-state index in [9.17, 15) is 14.4 Å². The average Bonchev–Trinajstić information content (AvgIpc) is 2.70. The summed E-state index contributed by atoms with van der Waals surface area (Å²) in [7, 11) is 0. The number of aliphatic carboxylic acids is 1. The quantitative estimate of drug-likeness (QED) is 0.812. The molecule has 0 bridgehead atoms. The minimum absolute atomic E-state index is 0.0591. The molecule has 0 aromatic carbocycles. The monoisotopic (exact) mass is 264 g/mol. The van der Waals surface area contributed by atoms with Gasteiger partial charge in [0, 0.05) is 31.0 Å². The number of hydrogen-bond acceptors (Lipinski definition) is 3. The maximum Gasteiger partial charge on any atom is 0.308 e. The Balaban J connectivity index is 2.22. The van der Waals surface area contributed by atoms with E-state index in [0.29, 0.717) is 12.2 Å². The van der Waals surface area contributed by atoms with Crippen molar-refractivity contribution in [3.8, 4) is 0 Å². The van der Waals surface area contributed by atoms with Crippen molar-refractivity contribution < 1.29 is 14.7 Å².